The molecule has 0 saturated carbocycles. The van der Waals surface area contributed by atoms with Crippen molar-refractivity contribution < 1.29 is 22.7 Å². The normalized spacial score (nSPS) is 12.5. The highest BCUT2D eigenvalue weighted by atomic mass is 32.2. The van der Waals surface area contributed by atoms with Gasteiger partial charge in [-0.25, -0.2) is 18.0 Å². The van der Waals surface area contributed by atoms with Crippen LogP contribution in [0, 0.1) is 0 Å². The monoisotopic (exact) mass is 392 g/mol. The molecular formula is C14H24N4O5S2. The number of carbonyl (C=O) groups excluding carboxylic acids is 2. The largest absolute Gasteiger partial charge is 0.448 e. The van der Waals surface area contributed by atoms with Crippen LogP contribution in [0.1, 0.15) is 40.0 Å². The van der Waals surface area contributed by atoms with E-state index in [1.165, 1.54) is 32.8 Å². The number of aromatic nitrogens is 2. The fourth-order valence-corrected chi connectivity index (χ4v) is 3.99. The summed E-state index contributed by atoms with van der Waals surface area (Å²) >= 11 is 0.661. The van der Waals surface area contributed by atoms with Crippen molar-refractivity contribution in [2.45, 2.75) is 49.6 Å². The van der Waals surface area contributed by atoms with Gasteiger partial charge in [0.05, 0.1) is 11.9 Å². The van der Waals surface area contributed by atoms with Crippen LogP contribution in [-0.2, 0) is 14.6 Å². The van der Waals surface area contributed by atoms with Crippen LogP contribution in [-0.4, -0.2) is 61.2 Å². The molecule has 142 valence electrons. The number of carbonyl (C=O) groups is 2. The summed E-state index contributed by atoms with van der Waals surface area (Å²) in [5.41, 5.74) is 0. The van der Waals surface area contributed by atoms with E-state index in [1.54, 1.807) is 0 Å². The number of nitrogens with zero attached hydrogens (tertiary/aromatic N) is 4. The van der Waals surface area contributed by atoms with E-state index in [-0.39, 0.29) is 15.7 Å². The molecule has 2 amide bonds. The summed E-state index contributed by atoms with van der Waals surface area (Å²) in [5, 5.41) is 3.11. The van der Waals surface area contributed by atoms with Gasteiger partial charge >= 0.3 is 12.1 Å². The first-order chi connectivity index (χ1) is 11.6. The molecule has 0 aliphatic carbocycles. The summed E-state index contributed by atoms with van der Waals surface area (Å²) in [7, 11) is -0.719. The second-order valence-electron chi connectivity index (χ2n) is 5.77. The highest BCUT2D eigenvalue weighted by molar-refractivity contribution is 7.93. The number of sulfone groups is 1. The summed E-state index contributed by atoms with van der Waals surface area (Å²) in [5.74, 6) is 0. The summed E-state index contributed by atoms with van der Waals surface area (Å²) in [6.45, 7) is 5.21. The molecule has 0 radical (unpaired) electrons. The minimum Gasteiger partial charge on any atom is -0.448 e. The zero-order chi connectivity index (χ0) is 19.2. The lowest BCUT2D eigenvalue weighted by molar-refractivity contribution is 0.141. The maximum Gasteiger partial charge on any atom is 0.437 e. The molecule has 0 aliphatic rings. The van der Waals surface area contributed by atoms with Gasteiger partial charge in [-0.1, -0.05) is 31.1 Å². The molecule has 0 N–H and O–H groups in total. The third-order valence-corrected chi connectivity index (χ3v) is 6.59. The molecule has 0 saturated heterocycles. The van der Waals surface area contributed by atoms with Gasteiger partial charge in [0, 0.05) is 14.1 Å². The zero-order valence-electron chi connectivity index (χ0n) is 15.1. The fourth-order valence-electron chi connectivity index (χ4n) is 1.53. The van der Waals surface area contributed by atoms with E-state index in [0.29, 0.717) is 17.8 Å². The average molecular weight is 393 g/mol. The Kier molecular flexibility index (Phi) is 7.74. The van der Waals surface area contributed by atoms with Gasteiger partial charge < -0.3 is 9.64 Å². The number of rotatable bonds is 6. The molecular weight excluding hydrogens is 368 g/mol. The molecule has 0 spiro atoms. The van der Waals surface area contributed by atoms with Crippen LogP contribution in [0.15, 0.2) is 9.33 Å². The zero-order valence-corrected chi connectivity index (χ0v) is 16.7. The van der Waals surface area contributed by atoms with Crippen molar-refractivity contribution in [3.05, 3.63) is 4.80 Å². The SMILES string of the molecule is CCCCCOC(=O)n1nc(S(=O)(=O)C(C)C)sc1=NC(=O)N(C)C. The lowest BCUT2D eigenvalue weighted by Gasteiger charge is -2.05. The van der Waals surface area contributed by atoms with Gasteiger partial charge in [-0.3, -0.25) is 0 Å². The molecule has 9 nitrogen and oxygen atoms in total. The maximum absolute atomic E-state index is 12.3. The highest BCUT2D eigenvalue weighted by Crippen LogP contribution is 2.15. The van der Waals surface area contributed by atoms with E-state index in [9.17, 15) is 18.0 Å². The minimum atomic E-state index is -3.70. The molecule has 0 atom stereocenters. The van der Waals surface area contributed by atoms with Gasteiger partial charge in [-0.15, -0.1) is 9.78 Å². The van der Waals surface area contributed by atoms with Gasteiger partial charge in [0.1, 0.15) is 0 Å². The Morgan fingerprint density at radius 1 is 1.32 bits per heavy atom. The van der Waals surface area contributed by atoms with Gasteiger partial charge in [-0.2, -0.15) is 4.99 Å². The van der Waals surface area contributed by atoms with Crippen molar-refractivity contribution in [3.8, 4) is 0 Å². The fraction of sp³-hybridized carbons (Fsp3) is 0.714. The Morgan fingerprint density at radius 2 is 1.96 bits per heavy atom. The second-order valence-corrected chi connectivity index (χ2v) is 9.40. The third kappa shape index (κ3) is 5.63. The Morgan fingerprint density at radius 3 is 2.48 bits per heavy atom. The van der Waals surface area contributed by atoms with Gasteiger partial charge in [0.25, 0.3) is 0 Å². The van der Waals surface area contributed by atoms with Crippen LogP contribution in [0.4, 0.5) is 9.59 Å². The summed E-state index contributed by atoms with van der Waals surface area (Å²) < 4.78 is 30.1. The van der Waals surface area contributed by atoms with Crippen LogP contribution in [0.5, 0.6) is 0 Å². The van der Waals surface area contributed by atoms with E-state index >= 15 is 0 Å². The Labute approximate surface area is 151 Å². The van der Waals surface area contributed by atoms with Crippen LogP contribution in [0.3, 0.4) is 0 Å². The molecule has 0 aliphatic heterocycles. The highest BCUT2D eigenvalue weighted by Gasteiger charge is 2.26. The van der Waals surface area contributed by atoms with Crippen LogP contribution in [0.2, 0.25) is 0 Å². The lowest BCUT2D eigenvalue weighted by Crippen LogP contribution is -2.29. The Hall–Kier alpha value is -1.75. The molecule has 0 fully saturated rings. The molecule has 0 unspecified atom stereocenters. The van der Waals surface area contributed by atoms with Crippen molar-refractivity contribution in [2.24, 2.45) is 4.99 Å². The third-order valence-electron chi connectivity index (χ3n) is 3.13. The van der Waals surface area contributed by atoms with E-state index in [2.05, 4.69) is 10.1 Å². The van der Waals surface area contributed by atoms with E-state index in [0.717, 1.165) is 17.5 Å². The average Bonchev–Trinajstić information content (AvgIpc) is 2.95. The van der Waals surface area contributed by atoms with Crippen molar-refractivity contribution in [2.75, 3.05) is 20.7 Å². The first-order valence-electron chi connectivity index (χ1n) is 7.88. The van der Waals surface area contributed by atoms with Gasteiger partial charge in [-0.05, 0) is 20.3 Å². The van der Waals surface area contributed by atoms with Crippen molar-refractivity contribution in [1.29, 1.82) is 0 Å². The number of unbranched alkanes of at least 4 members (excludes halogenated alkanes) is 2. The second kappa shape index (κ2) is 9.09. The molecule has 1 aromatic rings. The first kappa shape index (κ1) is 21.3. The quantitative estimate of drug-likeness (QED) is 0.684. The molecule has 1 rings (SSSR count). The van der Waals surface area contributed by atoms with Crippen molar-refractivity contribution in [3.63, 3.8) is 0 Å². The molecule has 11 heteroatoms. The predicted molar refractivity (Wildman–Crippen MR) is 93.3 cm³/mol. The molecule has 1 aromatic heterocycles. The minimum absolute atomic E-state index is 0.140. The summed E-state index contributed by atoms with van der Waals surface area (Å²) in [6.07, 6.45) is 1.70. The molecule has 0 aromatic carbocycles. The van der Waals surface area contributed by atoms with Crippen molar-refractivity contribution in [1.82, 2.24) is 14.7 Å². The molecule has 0 bridgehead atoms. The van der Waals surface area contributed by atoms with Gasteiger partial charge in [0.15, 0.2) is 0 Å². The number of urea groups is 1. The smallest absolute Gasteiger partial charge is 0.437 e. The first-order valence-corrected chi connectivity index (χ1v) is 10.2. The topological polar surface area (TPSA) is 111 Å². The van der Waals surface area contributed by atoms with Crippen LogP contribution in [0.25, 0.3) is 0 Å². The maximum atomic E-state index is 12.3. The molecule has 25 heavy (non-hydrogen) atoms. The standard InChI is InChI=1S/C14H24N4O5S2/c1-6-7-8-9-23-14(20)18-12(15-11(19)17(4)5)24-13(16-18)25(21,22)10(2)3/h10H,6-9H2,1-5H3. The Bertz CT molecular complexity index is 777. The van der Waals surface area contributed by atoms with Crippen molar-refractivity contribution >= 4 is 33.3 Å². The molecule has 1 heterocycles. The van der Waals surface area contributed by atoms with E-state index < -0.39 is 27.2 Å². The van der Waals surface area contributed by atoms with Gasteiger partial charge in [0.2, 0.25) is 19.0 Å². The summed E-state index contributed by atoms with van der Waals surface area (Å²) in [6, 6.07) is -0.635. The number of hydrogen-bond donors (Lipinski definition) is 0. The Balaban J connectivity index is 3.27. The number of amides is 2. The number of hydrogen-bond acceptors (Lipinski definition) is 7. The summed E-state index contributed by atoms with van der Waals surface area (Å²) in [4.78, 5) is 28.8. The van der Waals surface area contributed by atoms with E-state index in [1.807, 2.05) is 6.92 Å². The van der Waals surface area contributed by atoms with E-state index in [4.69, 9.17) is 4.74 Å². The predicted octanol–water partition coefficient (Wildman–Crippen LogP) is 1.88. The number of ether oxygens (including phenoxy) is 1. The lowest BCUT2D eigenvalue weighted by atomic mass is 10.3. The van der Waals surface area contributed by atoms with Crippen LogP contribution < -0.4 is 4.80 Å². The van der Waals surface area contributed by atoms with Crippen LogP contribution >= 0.6 is 11.3 Å².